The Morgan fingerprint density at radius 2 is 1.33 bits per heavy atom. The van der Waals surface area contributed by atoms with E-state index in [-0.39, 0.29) is 31.0 Å². The SMILES string of the molecule is CCCCCCCCCCCCC(c1ccccc1)S(=O)(=O)O.[H-].[Na+]. The Morgan fingerprint density at radius 3 is 1.79 bits per heavy atom. The molecule has 3 nitrogen and oxygen atoms in total. The van der Waals surface area contributed by atoms with Gasteiger partial charge in [-0.2, -0.15) is 8.42 Å². The molecule has 0 radical (unpaired) electrons. The molecule has 0 amide bonds. The summed E-state index contributed by atoms with van der Waals surface area (Å²) in [6, 6.07) is 9.02. The molecule has 0 fully saturated rings. The summed E-state index contributed by atoms with van der Waals surface area (Å²) in [5.41, 5.74) is 0.686. The molecule has 0 heterocycles. The van der Waals surface area contributed by atoms with Crippen LogP contribution in [0.5, 0.6) is 0 Å². The van der Waals surface area contributed by atoms with Crippen LogP contribution >= 0.6 is 0 Å². The average Bonchev–Trinajstić information content (AvgIpc) is 2.52. The Kier molecular flexibility index (Phi) is 14.4. The minimum Gasteiger partial charge on any atom is -1.00 e. The first-order chi connectivity index (χ1) is 11.1. The molecule has 0 aliphatic carbocycles. The summed E-state index contributed by atoms with van der Waals surface area (Å²) < 4.78 is 32.6. The molecule has 0 spiro atoms. The molecule has 5 heteroatoms. The number of hydrogen-bond donors (Lipinski definition) is 1. The van der Waals surface area contributed by atoms with Crippen molar-refractivity contribution in [1.82, 2.24) is 0 Å². The van der Waals surface area contributed by atoms with Crippen LogP contribution in [0, 0.1) is 0 Å². The van der Waals surface area contributed by atoms with E-state index in [2.05, 4.69) is 6.92 Å². The second-order valence-corrected chi connectivity index (χ2v) is 7.98. The van der Waals surface area contributed by atoms with Crippen LogP contribution in [-0.2, 0) is 10.1 Å². The summed E-state index contributed by atoms with van der Waals surface area (Å²) in [7, 11) is -4.03. The van der Waals surface area contributed by atoms with E-state index in [4.69, 9.17) is 0 Å². The van der Waals surface area contributed by atoms with Gasteiger partial charge in [0.25, 0.3) is 10.1 Å². The van der Waals surface area contributed by atoms with Gasteiger partial charge in [0.1, 0.15) is 5.25 Å². The van der Waals surface area contributed by atoms with Crippen LogP contribution in [0.15, 0.2) is 30.3 Å². The van der Waals surface area contributed by atoms with E-state index >= 15 is 0 Å². The molecule has 0 aliphatic heterocycles. The third-order valence-corrected chi connectivity index (χ3v) is 5.58. The van der Waals surface area contributed by atoms with E-state index < -0.39 is 15.4 Å². The van der Waals surface area contributed by atoms with Crippen molar-refractivity contribution < 1.29 is 44.0 Å². The Hall–Kier alpha value is 0.130. The molecular weight excluding hydrogens is 331 g/mol. The van der Waals surface area contributed by atoms with Gasteiger partial charge in [0.2, 0.25) is 0 Å². The van der Waals surface area contributed by atoms with Crippen LogP contribution in [0.25, 0.3) is 0 Å². The number of benzene rings is 1. The summed E-state index contributed by atoms with van der Waals surface area (Å²) in [6.45, 7) is 2.23. The van der Waals surface area contributed by atoms with Crippen molar-refractivity contribution in [3.8, 4) is 0 Å². The maximum absolute atomic E-state index is 11.6. The minimum atomic E-state index is -4.03. The van der Waals surface area contributed by atoms with Gasteiger partial charge in [0, 0.05) is 0 Å². The normalized spacial score (nSPS) is 12.6. The van der Waals surface area contributed by atoms with Gasteiger partial charge in [-0.05, 0) is 12.0 Å². The molecule has 1 N–H and O–H groups in total. The maximum atomic E-state index is 11.6. The first-order valence-electron chi connectivity index (χ1n) is 9.07. The molecule has 1 aromatic carbocycles. The van der Waals surface area contributed by atoms with Crippen molar-refractivity contribution >= 4 is 10.1 Å². The molecule has 0 saturated heterocycles. The summed E-state index contributed by atoms with van der Waals surface area (Å²) in [5, 5.41) is -0.780. The monoisotopic (exact) mass is 364 g/mol. The Bertz CT molecular complexity index is 509. The molecule has 0 aromatic heterocycles. The predicted octanol–water partition coefficient (Wildman–Crippen LogP) is 3.04. The predicted molar refractivity (Wildman–Crippen MR) is 98.3 cm³/mol. The molecule has 134 valence electrons. The van der Waals surface area contributed by atoms with Crippen LogP contribution in [-0.4, -0.2) is 13.0 Å². The number of rotatable bonds is 13. The zero-order valence-corrected chi connectivity index (χ0v) is 18.2. The van der Waals surface area contributed by atoms with E-state index in [1.807, 2.05) is 18.2 Å². The molecule has 0 aliphatic rings. The van der Waals surface area contributed by atoms with Crippen LogP contribution in [0.2, 0.25) is 0 Å². The summed E-state index contributed by atoms with van der Waals surface area (Å²) in [4.78, 5) is 0. The molecule has 1 aromatic rings. The quantitative estimate of drug-likeness (QED) is 0.332. The van der Waals surface area contributed by atoms with Crippen molar-refractivity contribution in [2.24, 2.45) is 0 Å². The number of hydrogen-bond acceptors (Lipinski definition) is 2. The molecule has 1 rings (SSSR count). The van der Waals surface area contributed by atoms with Gasteiger partial charge in [-0.15, -0.1) is 0 Å². The molecular formula is C19H33NaO3S. The molecule has 1 atom stereocenters. The maximum Gasteiger partial charge on any atom is 1.00 e. The Morgan fingerprint density at radius 1 is 0.875 bits per heavy atom. The van der Waals surface area contributed by atoms with Crippen molar-refractivity contribution in [1.29, 1.82) is 0 Å². The first kappa shape index (κ1) is 24.1. The molecule has 0 saturated carbocycles. The van der Waals surface area contributed by atoms with E-state index in [1.165, 1.54) is 44.9 Å². The van der Waals surface area contributed by atoms with Crippen LogP contribution < -0.4 is 29.6 Å². The molecule has 1 unspecified atom stereocenters. The second-order valence-electron chi connectivity index (χ2n) is 6.38. The molecule has 24 heavy (non-hydrogen) atoms. The third-order valence-electron chi connectivity index (χ3n) is 4.35. The fraction of sp³-hybridized carbons (Fsp3) is 0.684. The Labute approximate surface area is 172 Å². The van der Waals surface area contributed by atoms with E-state index in [1.54, 1.807) is 12.1 Å². The topological polar surface area (TPSA) is 54.4 Å². The molecule has 0 bridgehead atoms. The zero-order chi connectivity index (χ0) is 17.0. The van der Waals surface area contributed by atoms with Gasteiger partial charge < -0.3 is 1.43 Å². The smallest absolute Gasteiger partial charge is 1.00 e. The largest absolute Gasteiger partial charge is 1.00 e. The van der Waals surface area contributed by atoms with Gasteiger partial charge >= 0.3 is 29.6 Å². The summed E-state index contributed by atoms with van der Waals surface area (Å²) >= 11 is 0. The minimum absolute atomic E-state index is 0. The van der Waals surface area contributed by atoms with E-state index in [0.29, 0.717) is 12.0 Å². The van der Waals surface area contributed by atoms with Crippen molar-refractivity contribution in [3.05, 3.63) is 35.9 Å². The average molecular weight is 365 g/mol. The van der Waals surface area contributed by atoms with Crippen molar-refractivity contribution in [2.45, 2.75) is 82.8 Å². The number of unbranched alkanes of at least 4 members (excludes halogenated alkanes) is 9. The van der Waals surface area contributed by atoms with Crippen LogP contribution in [0.3, 0.4) is 0 Å². The standard InChI is InChI=1S/C19H32O3S.Na.H/c1-2-3-4-5-6-7-8-9-10-14-17-19(23(20,21)22)18-15-12-11-13-16-18;;/h11-13,15-16,19H,2-10,14,17H2,1H3,(H,20,21,22);;/q;+1;-1. The van der Waals surface area contributed by atoms with Crippen LogP contribution in [0.1, 0.15) is 89.8 Å². The van der Waals surface area contributed by atoms with Gasteiger partial charge in [0.15, 0.2) is 0 Å². The van der Waals surface area contributed by atoms with Gasteiger partial charge in [-0.25, -0.2) is 0 Å². The zero-order valence-electron chi connectivity index (χ0n) is 16.4. The van der Waals surface area contributed by atoms with E-state index in [0.717, 1.165) is 19.3 Å². The summed E-state index contributed by atoms with van der Waals surface area (Å²) in [5.74, 6) is 0. The fourth-order valence-corrected chi connectivity index (χ4v) is 3.94. The van der Waals surface area contributed by atoms with Gasteiger partial charge in [-0.1, -0.05) is 101 Å². The Balaban J connectivity index is 0. The van der Waals surface area contributed by atoms with E-state index in [9.17, 15) is 13.0 Å². The fourth-order valence-electron chi connectivity index (χ4n) is 2.97. The first-order valence-corrected chi connectivity index (χ1v) is 10.6. The summed E-state index contributed by atoms with van der Waals surface area (Å²) in [6.07, 6.45) is 12.7. The van der Waals surface area contributed by atoms with Crippen molar-refractivity contribution in [3.63, 3.8) is 0 Å². The van der Waals surface area contributed by atoms with Gasteiger partial charge in [-0.3, -0.25) is 4.55 Å². The van der Waals surface area contributed by atoms with Crippen molar-refractivity contribution in [2.75, 3.05) is 0 Å². The second kappa shape index (κ2) is 14.3. The third kappa shape index (κ3) is 10.9. The van der Waals surface area contributed by atoms with Gasteiger partial charge in [0.05, 0.1) is 0 Å². The van der Waals surface area contributed by atoms with Crippen LogP contribution in [0.4, 0.5) is 0 Å².